The number of ether oxygens (including phenoxy) is 1. The molecule has 2 nitrogen and oxygen atoms in total. The highest BCUT2D eigenvalue weighted by atomic mass is 32.1. The quantitative estimate of drug-likeness (QED) is 0.793. The maximum atomic E-state index is 5.93. The minimum Gasteiger partial charge on any atom is -0.368 e. The molecule has 0 N–H and O–H groups in total. The monoisotopic (exact) mass is 239 g/mol. The Morgan fingerprint density at radius 1 is 1.56 bits per heavy atom. The van der Waals surface area contributed by atoms with Crippen molar-refractivity contribution in [1.29, 1.82) is 0 Å². The van der Waals surface area contributed by atoms with Crippen LogP contribution in [0.4, 0.5) is 0 Å². The van der Waals surface area contributed by atoms with E-state index in [1.165, 1.54) is 23.5 Å². The Kier molecular flexibility index (Phi) is 3.65. The van der Waals surface area contributed by atoms with Crippen molar-refractivity contribution >= 4 is 11.3 Å². The van der Waals surface area contributed by atoms with Gasteiger partial charge >= 0.3 is 0 Å². The first-order chi connectivity index (χ1) is 7.65. The van der Waals surface area contributed by atoms with Gasteiger partial charge in [0.15, 0.2) is 0 Å². The van der Waals surface area contributed by atoms with E-state index in [0.29, 0.717) is 5.92 Å². The van der Waals surface area contributed by atoms with Crippen LogP contribution in [0.2, 0.25) is 0 Å². The molecule has 16 heavy (non-hydrogen) atoms. The molecule has 0 amide bonds. The number of hydrogen-bond acceptors (Lipinski definition) is 3. The lowest BCUT2D eigenvalue weighted by molar-refractivity contribution is -0.0703. The summed E-state index contributed by atoms with van der Waals surface area (Å²) in [6.45, 7) is 7.52. The molecule has 90 valence electrons. The van der Waals surface area contributed by atoms with E-state index in [1.54, 1.807) is 11.3 Å². The minimum atomic E-state index is -0.116. The van der Waals surface area contributed by atoms with Crippen molar-refractivity contribution in [3.05, 3.63) is 16.1 Å². The van der Waals surface area contributed by atoms with E-state index in [9.17, 15) is 0 Å². The fourth-order valence-corrected chi connectivity index (χ4v) is 3.15. The molecule has 1 aliphatic rings. The molecule has 1 saturated heterocycles. The highest BCUT2D eigenvalue weighted by Gasteiger charge is 2.33. The van der Waals surface area contributed by atoms with Crippen LogP contribution in [-0.4, -0.2) is 11.6 Å². The predicted molar refractivity (Wildman–Crippen MR) is 68.0 cm³/mol. The number of rotatable bonds is 3. The molecule has 0 radical (unpaired) electrons. The molecule has 1 aromatic rings. The van der Waals surface area contributed by atoms with Crippen LogP contribution >= 0.6 is 11.3 Å². The van der Waals surface area contributed by atoms with Crippen molar-refractivity contribution in [3.8, 4) is 0 Å². The van der Waals surface area contributed by atoms with Gasteiger partial charge in [-0.25, -0.2) is 4.98 Å². The molecule has 2 heterocycles. The van der Waals surface area contributed by atoms with Crippen molar-refractivity contribution in [2.24, 2.45) is 0 Å². The minimum absolute atomic E-state index is 0.116. The van der Waals surface area contributed by atoms with Gasteiger partial charge in [-0.3, -0.25) is 0 Å². The number of hydrogen-bond donors (Lipinski definition) is 0. The van der Waals surface area contributed by atoms with Gasteiger partial charge in [0, 0.05) is 12.0 Å². The summed E-state index contributed by atoms with van der Waals surface area (Å²) in [4.78, 5) is 4.77. The van der Waals surface area contributed by atoms with Crippen molar-refractivity contribution < 1.29 is 4.74 Å². The molecule has 0 aliphatic carbocycles. The van der Waals surface area contributed by atoms with Gasteiger partial charge in [-0.05, 0) is 38.5 Å². The lowest BCUT2D eigenvalue weighted by Gasteiger charge is -2.31. The summed E-state index contributed by atoms with van der Waals surface area (Å²) < 4.78 is 5.93. The van der Waals surface area contributed by atoms with Crippen LogP contribution in [0.1, 0.15) is 63.1 Å². The molecule has 2 unspecified atom stereocenters. The molecular formula is C13H21NOS. The Balaban J connectivity index is 2.17. The Hall–Kier alpha value is -0.410. The Morgan fingerprint density at radius 2 is 2.38 bits per heavy atom. The largest absolute Gasteiger partial charge is 0.368 e. The van der Waals surface area contributed by atoms with E-state index in [-0.39, 0.29) is 5.60 Å². The van der Waals surface area contributed by atoms with Crippen LogP contribution < -0.4 is 0 Å². The van der Waals surface area contributed by atoms with Crippen molar-refractivity contribution in [3.63, 3.8) is 0 Å². The van der Waals surface area contributed by atoms with Gasteiger partial charge in [0.2, 0.25) is 0 Å². The summed E-state index contributed by atoms with van der Waals surface area (Å²) in [6, 6.07) is 0. The lowest BCUT2D eigenvalue weighted by Crippen LogP contribution is -2.30. The number of thiazole rings is 1. The van der Waals surface area contributed by atoms with Crippen LogP contribution in [-0.2, 0) is 10.3 Å². The summed E-state index contributed by atoms with van der Waals surface area (Å²) in [6.07, 6.45) is 4.72. The van der Waals surface area contributed by atoms with Crippen molar-refractivity contribution in [2.45, 2.75) is 58.0 Å². The van der Waals surface area contributed by atoms with Gasteiger partial charge in [-0.2, -0.15) is 0 Å². The third-order valence-corrected chi connectivity index (χ3v) is 4.67. The van der Waals surface area contributed by atoms with Crippen molar-refractivity contribution in [2.75, 3.05) is 6.61 Å². The Labute approximate surface area is 102 Å². The van der Waals surface area contributed by atoms with E-state index in [1.807, 2.05) is 0 Å². The average Bonchev–Trinajstić information content (AvgIpc) is 2.79. The molecule has 0 saturated carbocycles. The topological polar surface area (TPSA) is 22.1 Å². The SMILES string of the molecule is CCC(C)c1csc(C2(C)CCCCO2)n1. The van der Waals surface area contributed by atoms with Crippen LogP contribution in [0.3, 0.4) is 0 Å². The van der Waals surface area contributed by atoms with Gasteiger partial charge < -0.3 is 4.74 Å². The maximum Gasteiger partial charge on any atom is 0.125 e. The zero-order chi connectivity index (χ0) is 11.6. The summed E-state index contributed by atoms with van der Waals surface area (Å²) in [7, 11) is 0. The van der Waals surface area contributed by atoms with Crippen molar-refractivity contribution in [1.82, 2.24) is 4.98 Å². The molecule has 0 aromatic carbocycles. The average molecular weight is 239 g/mol. The van der Waals surface area contributed by atoms with E-state index < -0.39 is 0 Å². The highest BCUT2D eigenvalue weighted by molar-refractivity contribution is 7.09. The molecule has 1 aliphatic heterocycles. The lowest BCUT2D eigenvalue weighted by atomic mass is 9.96. The summed E-state index contributed by atoms with van der Waals surface area (Å²) >= 11 is 1.76. The predicted octanol–water partition coefficient (Wildman–Crippen LogP) is 4.07. The van der Waals surface area contributed by atoms with Crippen LogP contribution in [0.25, 0.3) is 0 Å². The fourth-order valence-electron chi connectivity index (χ4n) is 2.07. The molecule has 2 atom stereocenters. The van der Waals surface area contributed by atoms with Crippen LogP contribution in [0.15, 0.2) is 5.38 Å². The third-order valence-electron chi connectivity index (χ3n) is 3.56. The summed E-state index contributed by atoms with van der Waals surface area (Å²) in [5.74, 6) is 0.567. The number of nitrogens with zero attached hydrogens (tertiary/aromatic N) is 1. The second kappa shape index (κ2) is 4.84. The molecule has 1 aromatic heterocycles. The van der Waals surface area contributed by atoms with Gasteiger partial charge in [0.05, 0.1) is 5.69 Å². The third kappa shape index (κ3) is 2.30. The van der Waals surface area contributed by atoms with Gasteiger partial charge in [0.1, 0.15) is 10.6 Å². The van der Waals surface area contributed by atoms with Gasteiger partial charge in [-0.15, -0.1) is 11.3 Å². The van der Waals surface area contributed by atoms with E-state index in [4.69, 9.17) is 9.72 Å². The highest BCUT2D eigenvalue weighted by Crippen LogP contribution is 2.37. The smallest absolute Gasteiger partial charge is 0.125 e. The molecule has 3 heteroatoms. The van der Waals surface area contributed by atoms with Gasteiger partial charge in [0.25, 0.3) is 0 Å². The van der Waals surface area contributed by atoms with E-state index in [2.05, 4.69) is 26.2 Å². The normalized spacial score (nSPS) is 27.9. The first-order valence-electron chi connectivity index (χ1n) is 6.25. The second-order valence-corrected chi connectivity index (χ2v) is 5.78. The number of aromatic nitrogens is 1. The van der Waals surface area contributed by atoms with E-state index >= 15 is 0 Å². The Morgan fingerprint density at radius 3 is 3.00 bits per heavy atom. The molecule has 0 bridgehead atoms. The maximum absolute atomic E-state index is 5.93. The molecule has 0 spiro atoms. The first-order valence-corrected chi connectivity index (χ1v) is 7.13. The fraction of sp³-hybridized carbons (Fsp3) is 0.769. The summed E-state index contributed by atoms with van der Waals surface area (Å²) in [5, 5.41) is 3.37. The second-order valence-electron chi connectivity index (χ2n) is 4.92. The standard InChI is InChI=1S/C13H21NOS/c1-4-10(2)11-9-16-12(14-11)13(3)7-5-6-8-15-13/h9-10H,4-8H2,1-3H3. The van der Waals surface area contributed by atoms with Crippen LogP contribution in [0, 0.1) is 0 Å². The van der Waals surface area contributed by atoms with Crippen LogP contribution in [0.5, 0.6) is 0 Å². The van der Waals surface area contributed by atoms with E-state index in [0.717, 1.165) is 19.4 Å². The summed E-state index contributed by atoms with van der Waals surface area (Å²) in [5.41, 5.74) is 1.12. The zero-order valence-electron chi connectivity index (χ0n) is 10.5. The Bertz CT molecular complexity index is 341. The molecular weight excluding hydrogens is 218 g/mol. The van der Waals surface area contributed by atoms with Gasteiger partial charge in [-0.1, -0.05) is 13.8 Å². The first kappa shape index (κ1) is 12.1. The zero-order valence-corrected chi connectivity index (χ0v) is 11.3. The molecule has 2 rings (SSSR count). The molecule has 1 fully saturated rings.